The second kappa shape index (κ2) is 12.9. The fourth-order valence-corrected chi connectivity index (χ4v) is 7.96. The van der Waals surface area contributed by atoms with Gasteiger partial charge in [0.2, 0.25) is 0 Å². The summed E-state index contributed by atoms with van der Waals surface area (Å²) in [5, 5.41) is 6.98. The van der Waals surface area contributed by atoms with E-state index in [1.807, 2.05) is 82.6 Å². The van der Waals surface area contributed by atoms with Gasteiger partial charge in [-0.1, -0.05) is 54.6 Å². The molecule has 9 rings (SSSR count). The number of hydrogen-bond acceptors (Lipinski definition) is 8. The summed E-state index contributed by atoms with van der Waals surface area (Å²) < 4.78 is 24.0. The summed E-state index contributed by atoms with van der Waals surface area (Å²) in [6.07, 6.45) is 1.63. The van der Waals surface area contributed by atoms with Crippen molar-refractivity contribution in [1.29, 1.82) is 0 Å². The zero-order chi connectivity index (χ0) is 35.3. The summed E-state index contributed by atoms with van der Waals surface area (Å²) in [4.78, 5) is 31.4. The minimum Gasteiger partial charge on any atom is -0.493 e. The van der Waals surface area contributed by atoms with Gasteiger partial charge >= 0.3 is 0 Å². The molecule has 5 aromatic carbocycles. The number of benzene rings is 5. The van der Waals surface area contributed by atoms with Crippen LogP contribution in [0, 0.1) is 0 Å². The molecule has 0 aromatic heterocycles. The normalized spacial score (nSPS) is 18.0. The lowest BCUT2D eigenvalue weighted by atomic mass is 10.1. The quantitative estimate of drug-likeness (QED) is 0.182. The molecular formula is C42H38N4O6. The topological polar surface area (TPSA) is 102 Å². The van der Waals surface area contributed by atoms with Crippen LogP contribution in [0.25, 0.3) is 0 Å². The molecule has 0 fully saturated rings. The predicted octanol–water partition coefficient (Wildman–Crippen LogP) is 6.86. The number of para-hydroxylation sites is 2. The van der Waals surface area contributed by atoms with E-state index in [-0.39, 0.29) is 37.1 Å². The van der Waals surface area contributed by atoms with E-state index in [2.05, 4.69) is 22.8 Å². The lowest BCUT2D eigenvalue weighted by Gasteiger charge is -2.22. The van der Waals surface area contributed by atoms with Crippen molar-refractivity contribution in [3.63, 3.8) is 0 Å². The van der Waals surface area contributed by atoms with Crippen LogP contribution in [0.15, 0.2) is 97.1 Å². The molecule has 2 amide bonds. The number of ether oxygens (including phenoxy) is 4. The Morgan fingerprint density at radius 2 is 1.04 bits per heavy atom. The molecule has 0 radical (unpaired) electrons. The van der Waals surface area contributed by atoms with E-state index in [9.17, 15) is 9.59 Å². The smallest absolute Gasteiger partial charge is 0.260 e. The number of hydrogen-bond donors (Lipinski definition) is 2. The van der Waals surface area contributed by atoms with Crippen LogP contribution in [0.4, 0.5) is 22.7 Å². The molecule has 10 nitrogen and oxygen atoms in total. The number of carbonyl (C=O) groups is 2. The Morgan fingerprint density at radius 1 is 0.577 bits per heavy atom. The molecule has 262 valence electrons. The third-order valence-corrected chi connectivity index (χ3v) is 10.5. The van der Waals surface area contributed by atoms with Gasteiger partial charge in [-0.25, -0.2) is 0 Å². The number of fused-ring (bicyclic) bond motifs is 8. The average molecular weight is 695 g/mol. The number of nitrogens with one attached hydrogen (secondary N) is 2. The van der Waals surface area contributed by atoms with Gasteiger partial charge in [0.15, 0.2) is 23.0 Å². The number of rotatable bonds is 8. The lowest BCUT2D eigenvalue weighted by molar-refractivity contribution is 0.0975. The van der Waals surface area contributed by atoms with E-state index in [0.29, 0.717) is 47.2 Å². The Labute approximate surface area is 301 Å². The summed E-state index contributed by atoms with van der Waals surface area (Å²) in [6.45, 7) is 1.84. The lowest BCUT2D eigenvalue weighted by Crippen LogP contribution is -2.39. The first kappa shape index (κ1) is 31.8. The fraction of sp³-hybridized carbons (Fsp3) is 0.238. The molecule has 5 aromatic rings. The van der Waals surface area contributed by atoms with E-state index in [1.165, 1.54) is 11.1 Å². The molecule has 0 bridgehead atoms. The molecule has 1 unspecified atom stereocenters. The Bertz CT molecular complexity index is 2080. The Balaban J connectivity index is 0.898. The highest BCUT2D eigenvalue weighted by Gasteiger charge is 2.39. The van der Waals surface area contributed by atoms with Crippen molar-refractivity contribution in [2.24, 2.45) is 0 Å². The summed E-state index contributed by atoms with van der Waals surface area (Å²) >= 11 is 0. The number of nitrogens with zero attached hydrogens (tertiary/aromatic N) is 2. The number of methoxy groups -OCH3 is 2. The maximum atomic E-state index is 13.8. The van der Waals surface area contributed by atoms with Crippen LogP contribution in [-0.2, 0) is 26.1 Å². The van der Waals surface area contributed by atoms with Crippen molar-refractivity contribution in [3.8, 4) is 23.0 Å². The Hall–Kier alpha value is -6.16. The first-order valence-corrected chi connectivity index (χ1v) is 17.6. The van der Waals surface area contributed by atoms with E-state index >= 15 is 0 Å². The van der Waals surface area contributed by atoms with Gasteiger partial charge < -0.3 is 39.4 Å². The first-order valence-electron chi connectivity index (χ1n) is 17.6. The van der Waals surface area contributed by atoms with Crippen LogP contribution >= 0.6 is 0 Å². The van der Waals surface area contributed by atoms with Gasteiger partial charge in [0, 0.05) is 36.6 Å². The third-order valence-electron chi connectivity index (χ3n) is 10.5. The molecule has 4 aliphatic heterocycles. The summed E-state index contributed by atoms with van der Waals surface area (Å²) in [5.74, 6) is 1.98. The van der Waals surface area contributed by atoms with Gasteiger partial charge in [-0.15, -0.1) is 0 Å². The van der Waals surface area contributed by atoms with Gasteiger partial charge in [-0.3, -0.25) is 9.59 Å². The van der Waals surface area contributed by atoms with Crippen molar-refractivity contribution in [2.75, 3.05) is 47.7 Å². The zero-order valence-electron chi connectivity index (χ0n) is 29.0. The highest BCUT2D eigenvalue weighted by atomic mass is 16.5. The minimum atomic E-state index is -0.0490. The maximum Gasteiger partial charge on any atom is 0.260 e. The third kappa shape index (κ3) is 5.42. The van der Waals surface area contributed by atoms with Gasteiger partial charge in [0.25, 0.3) is 11.8 Å². The van der Waals surface area contributed by atoms with E-state index in [4.69, 9.17) is 18.9 Å². The van der Waals surface area contributed by atoms with E-state index in [0.717, 1.165) is 46.7 Å². The van der Waals surface area contributed by atoms with Crippen LogP contribution in [-0.4, -0.2) is 51.2 Å². The molecule has 0 aliphatic carbocycles. The molecular weight excluding hydrogens is 656 g/mol. The predicted molar refractivity (Wildman–Crippen MR) is 200 cm³/mol. The zero-order valence-corrected chi connectivity index (χ0v) is 29.0. The van der Waals surface area contributed by atoms with Gasteiger partial charge in [0.05, 0.1) is 48.8 Å². The average Bonchev–Trinajstić information content (AvgIpc) is 3.67. The van der Waals surface area contributed by atoms with Crippen molar-refractivity contribution in [1.82, 2.24) is 0 Å². The Morgan fingerprint density at radius 3 is 1.50 bits per heavy atom. The van der Waals surface area contributed by atoms with Gasteiger partial charge in [-0.2, -0.15) is 0 Å². The van der Waals surface area contributed by atoms with Gasteiger partial charge in [-0.05, 0) is 65.4 Å². The fourth-order valence-electron chi connectivity index (χ4n) is 7.96. The van der Waals surface area contributed by atoms with Crippen LogP contribution in [0.2, 0.25) is 0 Å². The first-order chi connectivity index (χ1) is 25.5. The van der Waals surface area contributed by atoms with E-state index in [1.54, 1.807) is 26.4 Å². The largest absolute Gasteiger partial charge is 0.493 e. The van der Waals surface area contributed by atoms with Crippen molar-refractivity contribution < 1.29 is 28.5 Å². The number of anilines is 4. The molecule has 4 heterocycles. The molecule has 0 saturated carbocycles. The summed E-state index contributed by atoms with van der Waals surface area (Å²) in [5.41, 5.74) is 8.76. The van der Waals surface area contributed by atoms with Crippen LogP contribution in [0.3, 0.4) is 0 Å². The molecule has 4 aliphatic rings. The van der Waals surface area contributed by atoms with Crippen molar-refractivity contribution in [2.45, 2.75) is 38.1 Å². The minimum absolute atomic E-state index is 0.0398. The van der Waals surface area contributed by atoms with Gasteiger partial charge in [0.1, 0.15) is 13.2 Å². The molecule has 0 saturated heterocycles. The molecule has 10 heteroatoms. The molecule has 2 atom stereocenters. The highest BCUT2D eigenvalue weighted by molar-refractivity contribution is 6.13. The molecule has 52 heavy (non-hydrogen) atoms. The second-order valence-corrected chi connectivity index (χ2v) is 13.6. The highest BCUT2D eigenvalue weighted by Crippen LogP contribution is 2.42. The monoisotopic (exact) mass is 694 g/mol. The maximum absolute atomic E-state index is 13.8. The number of amides is 2. The Kier molecular flexibility index (Phi) is 7.87. The number of carbonyl (C=O) groups excluding carboxylic acids is 2. The summed E-state index contributed by atoms with van der Waals surface area (Å²) in [6, 6.07) is 31.5. The van der Waals surface area contributed by atoms with Crippen molar-refractivity contribution in [3.05, 3.63) is 130 Å². The SMILES string of the molecule is COc1cc2c(cc1OCc1cccc(COc3cc4c(cc3OC)C(=O)N3c5ccccc5C[C@H]3CN4)c1)NCC1Cc3ccccc3N1C2=O. The van der Waals surface area contributed by atoms with E-state index < -0.39 is 0 Å². The second-order valence-electron chi connectivity index (χ2n) is 13.6. The summed E-state index contributed by atoms with van der Waals surface area (Å²) in [7, 11) is 3.17. The molecule has 0 spiro atoms. The molecule has 2 N–H and O–H groups in total. The van der Waals surface area contributed by atoms with Crippen LogP contribution in [0.1, 0.15) is 43.0 Å². The van der Waals surface area contributed by atoms with Crippen molar-refractivity contribution >= 4 is 34.6 Å². The van der Waals surface area contributed by atoms with Crippen LogP contribution in [0.5, 0.6) is 23.0 Å². The standard InChI is InChI=1S/C42H38N4O6/c1-49-37-17-31-33(43-21-29-15-27-10-3-5-12-35(27)45(29)41(31)47)19-39(37)51-23-25-8-7-9-26(14-25)24-52-40-20-34-32(18-38(40)50-2)42(48)46-30(22-44-34)16-28-11-4-6-13-36(28)46/h3-14,17-20,29-30,43-44H,15-16,21-24H2,1-2H3/t29-,30?/m0/s1. The van der Waals surface area contributed by atoms with Crippen LogP contribution < -0.4 is 39.4 Å².